The van der Waals surface area contributed by atoms with Crippen LogP contribution in [0.4, 0.5) is 5.69 Å². The highest BCUT2D eigenvalue weighted by molar-refractivity contribution is 5.91. The van der Waals surface area contributed by atoms with Gasteiger partial charge in [-0.1, -0.05) is 17.2 Å². The summed E-state index contributed by atoms with van der Waals surface area (Å²) in [6, 6.07) is 5.75. The van der Waals surface area contributed by atoms with Gasteiger partial charge in [-0.3, -0.25) is 9.59 Å². The Balaban J connectivity index is 2.45. The van der Waals surface area contributed by atoms with E-state index in [9.17, 15) is 9.59 Å². The van der Waals surface area contributed by atoms with Gasteiger partial charge in [-0.05, 0) is 57.9 Å². The average molecular weight is 413 g/mol. The first-order valence-electron chi connectivity index (χ1n) is 10.1. The van der Waals surface area contributed by atoms with Crippen LogP contribution in [0.1, 0.15) is 40.5 Å². The van der Waals surface area contributed by atoms with Crippen LogP contribution in [0.2, 0.25) is 0 Å². The maximum Gasteiger partial charge on any atom is 0.308 e. The van der Waals surface area contributed by atoms with Crippen LogP contribution in [-0.4, -0.2) is 31.2 Å². The lowest BCUT2D eigenvalue weighted by Crippen LogP contribution is -2.23. The molecule has 1 aromatic carbocycles. The molecule has 0 aliphatic heterocycles. The zero-order chi connectivity index (χ0) is 22.4. The summed E-state index contributed by atoms with van der Waals surface area (Å²) in [6.07, 6.45) is 6.11. The highest BCUT2D eigenvalue weighted by Crippen LogP contribution is 2.34. The van der Waals surface area contributed by atoms with Crippen LogP contribution >= 0.6 is 0 Å². The normalized spacial score (nSPS) is 11.4. The standard InChI is InChI=1S/C24H32N2O4/c1-16(2)9-8-10-17(3)13-14-29-22-20-12-11-19(25(5)6)15-21(20)26(7)24(28)23(22)30-18(4)27/h9,11-13,15H,8,10,14H2,1-7H3. The van der Waals surface area contributed by atoms with Gasteiger partial charge >= 0.3 is 5.97 Å². The molecule has 162 valence electrons. The molecule has 0 saturated carbocycles. The molecule has 0 radical (unpaired) electrons. The van der Waals surface area contributed by atoms with Gasteiger partial charge in [0.15, 0.2) is 5.75 Å². The van der Waals surface area contributed by atoms with Gasteiger partial charge in [0, 0.05) is 39.1 Å². The van der Waals surface area contributed by atoms with Gasteiger partial charge in [0.25, 0.3) is 5.56 Å². The number of carbonyl (C=O) groups is 1. The van der Waals surface area contributed by atoms with Crippen molar-refractivity contribution >= 4 is 22.6 Å². The first kappa shape index (κ1) is 23.3. The number of esters is 1. The van der Waals surface area contributed by atoms with Crippen LogP contribution in [0.5, 0.6) is 11.5 Å². The zero-order valence-electron chi connectivity index (χ0n) is 19.0. The molecule has 0 N–H and O–H groups in total. The molecule has 6 nitrogen and oxygen atoms in total. The smallest absolute Gasteiger partial charge is 0.308 e. The van der Waals surface area contributed by atoms with Gasteiger partial charge < -0.3 is 18.9 Å². The van der Waals surface area contributed by atoms with Crippen LogP contribution in [0.15, 0.2) is 46.3 Å². The number of hydrogen-bond acceptors (Lipinski definition) is 5. The number of rotatable bonds is 8. The first-order chi connectivity index (χ1) is 14.1. The molecular formula is C24H32N2O4. The molecule has 0 amide bonds. The second kappa shape index (κ2) is 10.1. The predicted octanol–water partition coefficient (Wildman–Crippen LogP) is 4.60. The van der Waals surface area contributed by atoms with E-state index in [1.54, 1.807) is 7.05 Å². The second-order valence-electron chi connectivity index (χ2n) is 7.89. The monoisotopic (exact) mass is 412 g/mol. The molecule has 0 fully saturated rings. The van der Waals surface area contributed by atoms with E-state index in [1.807, 2.05) is 43.3 Å². The molecule has 0 aliphatic rings. The maximum atomic E-state index is 12.9. The fourth-order valence-corrected chi connectivity index (χ4v) is 3.08. The number of benzene rings is 1. The van der Waals surface area contributed by atoms with Gasteiger partial charge in [0.2, 0.25) is 5.75 Å². The van der Waals surface area contributed by atoms with Crippen molar-refractivity contribution in [3.8, 4) is 11.5 Å². The number of allylic oxidation sites excluding steroid dienone is 3. The van der Waals surface area contributed by atoms with Gasteiger partial charge in [-0.25, -0.2) is 0 Å². The summed E-state index contributed by atoms with van der Waals surface area (Å²) in [7, 11) is 5.54. The topological polar surface area (TPSA) is 60.8 Å². The summed E-state index contributed by atoms with van der Waals surface area (Å²) in [4.78, 5) is 26.5. The van der Waals surface area contributed by atoms with Crippen LogP contribution in [0.25, 0.3) is 10.9 Å². The minimum atomic E-state index is -0.561. The molecule has 0 aliphatic carbocycles. The minimum absolute atomic E-state index is 0.0781. The lowest BCUT2D eigenvalue weighted by atomic mass is 10.1. The minimum Gasteiger partial charge on any atom is -0.485 e. The fraction of sp³-hybridized carbons (Fsp3) is 0.417. The highest BCUT2D eigenvalue weighted by atomic mass is 16.6. The van der Waals surface area contributed by atoms with Crippen LogP contribution in [-0.2, 0) is 11.8 Å². The highest BCUT2D eigenvalue weighted by Gasteiger charge is 2.20. The van der Waals surface area contributed by atoms with E-state index in [-0.39, 0.29) is 12.4 Å². The summed E-state index contributed by atoms with van der Waals surface area (Å²) in [5.41, 5.74) is 3.76. The average Bonchev–Trinajstić information content (AvgIpc) is 2.67. The summed E-state index contributed by atoms with van der Waals surface area (Å²) in [5.74, 6) is -0.345. The number of ether oxygens (including phenoxy) is 2. The van der Waals surface area contributed by atoms with Gasteiger partial charge in [0.1, 0.15) is 6.61 Å². The van der Waals surface area contributed by atoms with Gasteiger partial charge in [0.05, 0.1) is 5.52 Å². The molecular weight excluding hydrogens is 380 g/mol. The molecule has 30 heavy (non-hydrogen) atoms. The van der Waals surface area contributed by atoms with Crippen molar-refractivity contribution in [3.63, 3.8) is 0 Å². The van der Waals surface area contributed by atoms with Crippen molar-refractivity contribution in [2.24, 2.45) is 7.05 Å². The molecule has 0 atom stereocenters. The van der Waals surface area contributed by atoms with Crippen LogP contribution in [0.3, 0.4) is 0 Å². The van der Waals surface area contributed by atoms with Crippen molar-refractivity contribution in [3.05, 3.63) is 51.9 Å². The third kappa shape index (κ3) is 5.75. The number of aryl methyl sites for hydroxylation is 1. The quantitative estimate of drug-likeness (QED) is 0.468. The number of aromatic nitrogens is 1. The van der Waals surface area contributed by atoms with E-state index >= 15 is 0 Å². The molecule has 0 unspecified atom stereocenters. The first-order valence-corrected chi connectivity index (χ1v) is 10.1. The predicted molar refractivity (Wildman–Crippen MR) is 123 cm³/mol. The van der Waals surface area contributed by atoms with E-state index in [1.165, 1.54) is 22.6 Å². The Morgan fingerprint density at radius 2 is 1.80 bits per heavy atom. The van der Waals surface area contributed by atoms with Crippen molar-refractivity contribution in [1.29, 1.82) is 0 Å². The molecule has 1 heterocycles. The Morgan fingerprint density at radius 1 is 1.10 bits per heavy atom. The SMILES string of the molecule is CC(=O)Oc1c(OCC=C(C)CCC=C(C)C)c2ccc(N(C)C)cc2n(C)c1=O. The van der Waals surface area contributed by atoms with Crippen molar-refractivity contribution in [2.45, 2.75) is 40.5 Å². The van der Waals surface area contributed by atoms with E-state index in [0.29, 0.717) is 11.3 Å². The van der Waals surface area contributed by atoms with Crippen molar-refractivity contribution in [2.75, 3.05) is 25.6 Å². The van der Waals surface area contributed by atoms with E-state index in [0.717, 1.165) is 23.9 Å². The number of carbonyl (C=O) groups excluding carboxylic acids is 1. The third-order valence-corrected chi connectivity index (χ3v) is 4.81. The van der Waals surface area contributed by atoms with Crippen LogP contribution < -0.4 is 19.9 Å². The summed E-state index contributed by atoms with van der Waals surface area (Å²) in [5, 5.41) is 0.717. The van der Waals surface area contributed by atoms with Gasteiger partial charge in [-0.15, -0.1) is 0 Å². The van der Waals surface area contributed by atoms with Gasteiger partial charge in [-0.2, -0.15) is 0 Å². The Kier molecular flexibility index (Phi) is 7.86. The van der Waals surface area contributed by atoms with E-state index in [2.05, 4.69) is 26.8 Å². The molecule has 2 aromatic rings. The second-order valence-corrected chi connectivity index (χ2v) is 7.89. The van der Waals surface area contributed by atoms with E-state index < -0.39 is 11.5 Å². The molecule has 0 bridgehead atoms. The summed E-state index contributed by atoms with van der Waals surface area (Å²) in [6.45, 7) is 7.78. The Hall–Kier alpha value is -3.02. The number of pyridine rings is 1. The molecule has 0 saturated heterocycles. The summed E-state index contributed by atoms with van der Waals surface area (Å²) >= 11 is 0. The molecule has 6 heteroatoms. The van der Waals surface area contributed by atoms with Crippen molar-refractivity contribution in [1.82, 2.24) is 4.57 Å². The number of anilines is 1. The summed E-state index contributed by atoms with van der Waals surface area (Å²) < 4.78 is 12.7. The number of nitrogens with zero attached hydrogens (tertiary/aromatic N) is 2. The zero-order valence-corrected chi connectivity index (χ0v) is 19.0. The lowest BCUT2D eigenvalue weighted by Gasteiger charge is -2.18. The largest absolute Gasteiger partial charge is 0.485 e. The molecule has 0 spiro atoms. The van der Waals surface area contributed by atoms with Crippen LogP contribution in [0, 0.1) is 0 Å². The molecule has 2 rings (SSSR count). The van der Waals surface area contributed by atoms with E-state index in [4.69, 9.17) is 9.47 Å². The lowest BCUT2D eigenvalue weighted by molar-refractivity contribution is -0.132. The maximum absolute atomic E-state index is 12.9. The Labute approximate surface area is 178 Å². The third-order valence-electron chi connectivity index (χ3n) is 4.81. The number of hydrogen-bond donors (Lipinski definition) is 0. The van der Waals surface area contributed by atoms with Crippen molar-refractivity contribution < 1.29 is 14.3 Å². The number of fused-ring (bicyclic) bond motifs is 1. The fourth-order valence-electron chi connectivity index (χ4n) is 3.08. The molecule has 1 aromatic heterocycles. The Bertz CT molecular complexity index is 1040. The Morgan fingerprint density at radius 3 is 2.40 bits per heavy atom.